The Morgan fingerprint density at radius 2 is 2.24 bits per heavy atom. The third kappa shape index (κ3) is 2.69. The summed E-state index contributed by atoms with van der Waals surface area (Å²) >= 11 is 3.24. The van der Waals surface area contributed by atoms with E-state index < -0.39 is 5.97 Å². The van der Waals surface area contributed by atoms with E-state index in [4.69, 9.17) is 5.11 Å². The van der Waals surface area contributed by atoms with Gasteiger partial charge in [0, 0.05) is 19.3 Å². The van der Waals surface area contributed by atoms with Crippen LogP contribution in [0.4, 0.5) is 0 Å². The topological polar surface area (TPSA) is 62.5 Å². The second-order valence-corrected chi connectivity index (χ2v) is 5.03. The number of hydrogen-bond acceptors (Lipinski definition) is 2. The summed E-state index contributed by atoms with van der Waals surface area (Å²) < 4.78 is 2.21. The molecule has 0 spiro atoms. The van der Waals surface area contributed by atoms with Crippen LogP contribution in [0.2, 0.25) is 0 Å². The van der Waals surface area contributed by atoms with Gasteiger partial charge in [-0.15, -0.1) is 0 Å². The van der Waals surface area contributed by atoms with Gasteiger partial charge >= 0.3 is 5.97 Å². The van der Waals surface area contributed by atoms with Crippen LogP contribution in [0.3, 0.4) is 0 Å². The van der Waals surface area contributed by atoms with Crippen LogP contribution in [0.15, 0.2) is 16.9 Å². The van der Waals surface area contributed by atoms with Gasteiger partial charge in [0.1, 0.15) is 6.54 Å². The van der Waals surface area contributed by atoms with Gasteiger partial charge in [0.05, 0.1) is 10.2 Å². The van der Waals surface area contributed by atoms with E-state index >= 15 is 0 Å². The Hall–Kier alpha value is -1.30. The van der Waals surface area contributed by atoms with Crippen molar-refractivity contribution in [2.75, 3.05) is 7.05 Å². The van der Waals surface area contributed by atoms with Crippen molar-refractivity contribution in [1.82, 2.24) is 9.47 Å². The maximum Gasteiger partial charge on any atom is 0.337 e. The third-order valence-electron chi connectivity index (χ3n) is 2.88. The molecule has 0 atom stereocenters. The van der Waals surface area contributed by atoms with Gasteiger partial charge in [-0.3, -0.25) is 4.79 Å². The number of likely N-dealkylation sites (N-methyl/N-ethyl adjacent to an activating group) is 1. The molecule has 0 aromatic carbocycles. The first-order valence-corrected chi connectivity index (χ1v) is 6.13. The average molecular weight is 301 g/mol. The summed E-state index contributed by atoms with van der Waals surface area (Å²) in [6.07, 6.45) is 3.59. The molecule has 17 heavy (non-hydrogen) atoms. The Balaban J connectivity index is 2.07. The highest BCUT2D eigenvalue weighted by Crippen LogP contribution is 2.26. The number of hydrogen-bond donors (Lipinski definition) is 1. The summed E-state index contributed by atoms with van der Waals surface area (Å²) in [6.45, 7) is 0.168. The Kier molecular flexibility index (Phi) is 3.24. The zero-order valence-corrected chi connectivity index (χ0v) is 11.0. The first-order valence-electron chi connectivity index (χ1n) is 5.33. The van der Waals surface area contributed by atoms with Crippen LogP contribution in [0.5, 0.6) is 0 Å². The van der Waals surface area contributed by atoms with Gasteiger partial charge in [0.25, 0.3) is 0 Å². The highest BCUT2D eigenvalue weighted by atomic mass is 79.9. The minimum atomic E-state index is -0.993. The molecule has 5 nitrogen and oxygen atoms in total. The van der Waals surface area contributed by atoms with Crippen molar-refractivity contribution in [3.8, 4) is 0 Å². The quantitative estimate of drug-likeness (QED) is 0.918. The predicted octanol–water partition coefficient (Wildman–Crippen LogP) is 1.57. The van der Waals surface area contributed by atoms with E-state index in [1.807, 2.05) is 0 Å². The fraction of sp³-hybridized carbons (Fsp3) is 0.455. The van der Waals surface area contributed by atoms with Crippen molar-refractivity contribution in [2.45, 2.75) is 25.4 Å². The normalized spacial score (nSPS) is 14.7. The standard InChI is InChI=1S/C11H13BrN2O3/c1-13(8-2-3-8)10(15)6-14-5-7(11(16)17)4-9(14)12/h4-5,8H,2-3,6H2,1H3,(H,16,17). The van der Waals surface area contributed by atoms with E-state index in [2.05, 4.69) is 15.9 Å². The lowest BCUT2D eigenvalue weighted by atomic mass is 10.4. The van der Waals surface area contributed by atoms with Gasteiger partial charge in [0.2, 0.25) is 5.91 Å². The third-order valence-corrected chi connectivity index (χ3v) is 3.57. The summed E-state index contributed by atoms with van der Waals surface area (Å²) in [4.78, 5) is 24.4. The number of aromatic carboxylic acids is 1. The molecule has 1 amide bonds. The number of nitrogens with zero attached hydrogens (tertiary/aromatic N) is 2. The molecule has 0 bridgehead atoms. The largest absolute Gasteiger partial charge is 0.478 e. The van der Waals surface area contributed by atoms with Gasteiger partial charge < -0.3 is 14.6 Å². The summed E-state index contributed by atoms with van der Waals surface area (Å²) in [5, 5.41) is 8.83. The molecule has 2 rings (SSSR count). The van der Waals surface area contributed by atoms with Crippen molar-refractivity contribution in [2.24, 2.45) is 0 Å². The molecule has 0 saturated heterocycles. The Labute approximate surface area is 107 Å². The lowest BCUT2D eigenvalue weighted by molar-refractivity contribution is -0.131. The van der Waals surface area contributed by atoms with Crippen LogP contribution in [0.25, 0.3) is 0 Å². The smallest absolute Gasteiger partial charge is 0.337 e. The molecule has 0 radical (unpaired) electrons. The van der Waals surface area contributed by atoms with E-state index in [1.165, 1.54) is 12.3 Å². The second kappa shape index (κ2) is 4.52. The molecular formula is C11H13BrN2O3. The first-order chi connectivity index (χ1) is 7.99. The van der Waals surface area contributed by atoms with E-state index in [0.29, 0.717) is 10.6 Å². The van der Waals surface area contributed by atoms with Crippen molar-refractivity contribution in [3.05, 3.63) is 22.4 Å². The maximum absolute atomic E-state index is 11.9. The number of carbonyl (C=O) groups excluding carboxylic acids is 1. The lowest BCUT2D eigenvalue weighted by Gasteiger charge is -2.16. The van der Waals surface area contributed by atoms with Crippen LogP contribution in [0, 0.1) is 0 Å². The molecule has 1 aliphatic rings. The summed E-state index contributed by atoms with van der Waals surface area (Å²) in [6, 6.07) is 1.86. The van der Waals surface area contributed by atoms with Crippen molar-refractivity contribution in [1.29, 1.82) is 0 Å². The molecule has 1 N–H and O–H groups in total. The number of carbonyl (C=O) groups is 2. The molecule has 0 aliphatic heterocycles. The van der Waals surface area contributed by atoms with Crippen LogP contribution in [0.1, 0.15) is 23.2 Å². The number of carboxylic acid groups (broad SMARTS) is 1. The Morgan fingerprint density at radius 3 is 2.71 bits per heavy atom. The molecule has 1 aliphatic carbocycles. The maximum atomic E-state index is 11.9. The van der Waals surface area contributed by atoms with E-state index in [9.17, 15) is 9.59 Å². The zero-order valence-electron chi connectivity index (χ0n) is 9.39. The molecule has 1 fully saturated rings. The van der Waals surface area contributed by atoms with Crippen molar-refractivity contribution < 1.29 is 14.7 Å². The molecular weight excluding hydrogens is 288 g/mol. The number of aromatic nitrogens is 1. The number of amides is 1. The van der Waals surface area contributed by atoms with Gasteiger partial charge in [-0.2, -0.15) is 0 Å². The zero-order chi connectivity index (χ0) is 12.6. The summed E-state index contributed by atoms with van der Waals surface area (Å²) in [5.74, 6) is -0.992. The fourth-order valence-corrected chi connectivity index (χ4v) is 2.11. The average Bonchev–Trinajstić information content (AvgIpc) is 3.04. The predicted molar refractivity (Wildman–Crippen MR) is 64.9 cm³/mol. The molecule has 92 valence electrons. The summed E-state index contributed by atoms with van der Waals surface area (Å²) in [7, 11) is 1.79. The van der Waals surface area contributed by atoms with E-state index in [-0.39, 0.29) is 18.0 Å². The number of rotatable bonds is 4. The summed E-state index contributed by atoms with van der Waals surface area (Å²) in [5.41, 5.74) is 0.179. The minimum absolute atomic E-state index is 0.000684. The van der Waals surface area contributed by atoms with Crippen LogP contribution < -0.4 is 0 Å². The molecule has 6 heteroatoms. The lowest BCUT2D eigenvalue weighted by Crippen LogP contribution is -2.31. The molecule has 1 aromatic rings. The highest BCUT2D eigenvalue weighted by Gasteiger charge is 2.29. The van der Waals surface area contributed by atoms with E-state index in [1.54, 1.807) is 16.5 Å². The number of carboxylic acids is 1. The Bertz CT molecular complexity index is 465. The monoisotopic (exact) mass is 300 g/mol. The molecule has 1 aromatic heterocycles. The SMILES string of the molecule is CN(C(=O)Cn1cc(C(=O)O)cc1Br)C1CC1. The van der Waals surface area contributed by atoms with Gasteiger partial charge in [-0.05, 0) is 34.8 Å². The first kappa shape index (κ1) is 12.2. The van der Waals surface area contributed by atoms with Gasteiger partial charge in [-0.1, -0.05) is 0 Å². The van der Waals surface area contributed by atoms with Crippen molar-refractivity contribution >= 4 is 27.8 Å². The van der Waals surface area contributed by atoms with Gasteiger partial charge in [0.15, 0.2) is 0 Å². The highest BCUT2D eigenvalue weighted by molar-refractivity contribution is 9.10. The number of halogens is 1. The molecule has 1 saturated carbocycles. The second-order valence-electron chi connectivity index (χ2n) is 4.22. The molecule has 1 heterocycles. The van der Waals surface area contributed by atoms with E-state index in [0.717, 1.165) is 12.8 Å². The Morgan fingerprint density at radius 1 is 1.59 bits per heavy atom. The van der Waals surface area contributed by atoms with Crippen LogP contribution in [-0.4, -0.2) is 39.5 Å². The minimum Gasteiger partial charge on any atom is -0.478 e. The fourth-order valence-electron chi connectivity index (χ4n) is 1.64. The van der Waals surface area contributed by atoms with Crippen LogP contribution >= 0.6 is 15.9 Å². The van der Waals surface area contributed by atoms with Crippen molar-refractivity contribution in [3.63, 3.8) is 0 Å². The van der Waals surface area contributed by atoms with Gasteiger partial charge in [-0.25, -0.2) is 4.79 Å². The molecule has 0 unspecified atom stereocenters. The van der Waals surface area contributed by atoms with Crippen LogP contribution in [-0.2, 0) is 11.3 Å².